The fourth-order valence-corrected chi connectivity index (χ4v) is 2.23. The molecule has 0 saturated carbocycles. The second-order valence-electron chi connectivity index (χ2n) is 5.57. The lowest BCUT2D eigenvalue weighted by Gasteiger charge is -2.12. The zero-order chi connectivity index (χ0) is 18.9. The first-order valence-corrected chi connectivity index (χ1v) is 8.02. The average Bonchev–Trinajstić information content (AvgIpc) is 2.64. The Balaban J connectivity index is 2.03. The maximum Gasteiger partial charge on any atom is 0.322 e. The van der Waals surface area contributed by atoms with Crippen molar-refractivity contribution in [2.24, 2.45) is 0 Å². The molecule has 0 bridgehead atoms. The Hall–Kier alpha value is -3.28. The van der Waals surface area contributed by atoms with Gasteiger partial charge in [-0.15, -0.1) is 0 Å². The monoisotopic (exact) mass is 355 g/mol. The number of carbonyl (C=O) groups excluding carboxylic acids is 1. The van der Waals surface area contributed by atoms with Crippen LogP contribution in [0.15, 0.2) is 48.5 Å². The van der Waals surface area contributed by atoms with Crippen LogP contribution in [0.2, 0.25) is 0 Å². The standard InChI is InChI=1S/C20H21NO5/c1-14-5-3-4-6-16(14)13-26-17-9-7-15(11-18(17)25-2)8-10-19(22)21-12-20(23)24/h3-11H,12-13H2,1-2H3,(H,21,22)(H,23,24)/b10-8+. The summed E-state index contributed by atoms with van der Waals surface area (Å²) in [6.45, 7) is 2.03. The Morgan fingerprint density at radius 1 is 1.15 bits per heavy atom. The summed E-state index contributed by atoms with van der Waals surface area (Å²) in [7, 11) is 1.54. The number of carboxylic acids is 1. The van der Waals surface area contributed by atoms with E-state index < -0.39 is 18.4 Å². The van der Waals surface area contributed by atoms with Crippen molar-refractivity contribution in [3.63, 3.8) is 0 Å². The molecule has 0 heterocycles. The van der Waals surface area contributed by atoms with Gasteiger partial charge >= 0.3 is 5.97 Å². The number of rotatable bonds is 8. The van der Waals surface area contributed by atoms with E-state index in [0.717, 1.165) is 16.7 Å². The van der Waals surface area contributed by atoms with Crippen LogP contribution in [0.25, 0.3) is 6.08 Å². The first-order chi connectivity index (χ1) is 12.5. The lowest BCUT2D eigenvalue weighted by atomic mass is 10.1. The van der Waals surface area contributed by atoms with E-state index >= 15 is 0 Å². The van der Waals surface area contributed by atoms with Crippen molar-refractivity contribution in [2.75, 3.05) is 13.7 Å². The summed E-state index contributed by atoms with van der Waals surface area (Å²) in [5.74, 6) is -0.426. The first kappa shape index (κ1) is 19.1. The minimum Gasteiger partial charge on any atom is -0.493 e. The second-order valence-corrected chi connectivity index (χ2v) is 5.57. The maximum atomic E-state index is 11.5. The fourth-order valence-electron chi connectivity index (χ4n) is 2.23. The molecule has 2 aromatic carbocycles. The van der Waals surface area contributed by atoms with Crippen LogP contribution in [0.5, 0.6) is 11.5 Å². The van der Waals surface area contributed by atoms with E-state index in [0.29, 0.717) is 18.1 Å². The zero-order valence-electron chi connectivity index (χ0n) is 14.7. The molecular weight excluding hydrogens is 334 g/mol. The van der Waals surface area contributed by atoms with Gasteiger partial charge in [0.2, 0.25) is 5.91 Å². The summed E-state index contributed by atoms with van der Waals surface area (Å²) in [6.07, 6.45) is 2.84. The highest BCUT2D eigenvalue weighted by Crippen LogP contribution is 2.29. The number of amides is 1. The average molecular weight is 355 g/mol. The Kier molecular flexibility index (Phi) is 6.79. The van der Waals surface area contributed by atoms with Crippen LogP contribution in [-0.4, -0.2) is 30.6 Å². The molecule has 0 aliphatic heterocycles. The van der Waals surface area contributed by atoms with Gasteiger partial charge in [-0.25, -0.2) is 0 Å². The van der Waals surface area contributed by atoms with Gasteiger partial charge in [-0.3, -0.25) is 9.59 Å². The van der Waals surface area contributed by atoms with Crippen LogP contribution >= 0.6 is 0 Å². The van der Waals surface area contributed by atoms with E-state index in [1.54, 1.807) is 31.4 Å². The number of carboxylic acid groups (broad SMARTS) is 1. The SMILES string of the molecule is COc1cc(/C=C/C(=O)NCC(=O)O)ccc1OCc1ccccc1C. The Morgan fingerprint density at radius 2 is 1.92 bits per heavy atom. The number of ether oxygens (including phenoxy) is 2. The largest absolute Gasteiger partial charge is 0.493 e. The fraction of sp³-hybridized carbons (Fsp3) is 0.200. The van der Waals surface area contributed by atoms with Crippen LogP contribution in [0.4, 0.5) is 0 Å². The number of carbonyl (C=O) groups is 2. The molecule has 0 atom stereocenters. The summed E-state index contributed by atoms with van der Waals surface area (Å²) in [4.78, 5) is 21.9. The van der Waals surface area contributed by atoms with Crippen LogP contribution in [-0.2, 0) is 16.2 Å². The molecule has 2 aromatic rings. The van der Waals surface area contributed by atoms with Crippen molar-refractivity contribution in [3.05, 3.63) is 65.2 Å². The molecule has 0 saturated heterocycles. The van der Waals surface area contributed by atoms with Gasteiger partial charge in [0.15, 0.2) is 11.5 Å². The van der Waals surface area contributed by atoms with Crippen LogP contribution in [0.1, 0.15) is 16.7 Å². The molecule has 0 radical (unpaired) electrons. The third kappa shape index (κ3) is 5.66. The molecule has 0 fully saturated rings. The minimum atomic E-state index is -1.09. The molecule has 2 N–H and O–H groups in total. The third-order valence-corrected chi connectivity index (χ3v) is 3.67. The normalized spacial score (nSPS) is 10.5. The molecule has 136 valence electrons. The molecule has 0 aromatic heterocycles. The van der Waals surface area contributed by atoms with Crippen molar-refractivity contribution in [1.82, 2.24) is 5.32 Å². The van der Waals surface area contributed by atoms with E-state index in [9.17, 15) is 9.59 Å². The number of nitrogens with one attached hydrogen (secondary N) is 1. The summed E-state index contributed by atoms with van der Waals surface area (Å²) in [5, 5.41) is 10.8. The summed E-state index contributed by atoms with van der Waals surface area (Å²) in [6, 6.07) is 13.3. The number of hydrogen-bond acceptors (Lipinski definition) is 4. The van der Waals surface area contributed by atoms with E-state index in [4.69, 9.17) is 14.6 Å². The predicted molar refractivity (Wildman–Crippen MR) is 98.2 cm³/mol. The van der Waals surface area contributed by atoms with Crippen LogP contribution in [0.3, 0.4) is 0 Å². The Labute approximate surface area is 152 Å². The van der Waals surface area contributed by atoms with Gasteiger partial charge < -0.3 is 19.9 Å². The topological polar surface area (TPSA) is 84.9 Å². The Bertz CT molecular complexity index is 814. The molecule has 0 spiro atoms. The smallest absolute Gasteiger partial charge is 0.322 e. The second kappa shape index (κ2) is 9.27. The molecule has 0 unspecified atom stereocenters. The molecule has 0 aliphatic carbocycles. The van der Waals surface area contributed by atoms with Crippen molar-refractivity contribution in [2.45, 2.75) is 13.5 Å². The van der Waals surface area contributed by atoms with E-state index in [1.165, 1.54) is 6.08 Å². The molecule has 0 aliphatic rings. The Morgan fingerprint density at radius 3 is 2.62 bits per heavy atom. The highest BCUT2D eigenvalue weighted by Gasteiger charge is 2.07. The molecule has 6 heteroatoms. The van der Waals surface area contributed by atoms with Gasteiger partial charge in [0.25, 0.3) is 0 Å². The van der Waals surface area contributed by atoms with Crippen LogP contribution in [0, 0.1) is 6.92 Å². The third-order valence-electron chi connectivity index (χ3n) is 3.67. The molecular formula is C20H21NO5. The summed E-state index contributed by atoms with van der Waals surface area (Å²) < 4.78 is 11.2. The van der Waals surface area contributed by atoms with E-state index in [-0.39, 0.29) is 0 Å². The molecule has 6 nitrogen and oxygen atoms in total. The van der Waals surface area contributed by atoms with Crippen LogP contribution < -0.4 is 14.8 Å². The zero-order valence-corrected chi connectivity index (χ0v) is 14.7. The van der Waals surface area contributed by atoms with Gasteiger partial charge in [0, 0.05) is 6.08 Å². The quantitative estimate of drug-likeness (QED) is 0.711. The highest BCUT2D eigenvalue weighted by molar-refractivity contribution is 5.93. The number of aliphatic carboxylic acids is 1. The van der Waals surface area contributed by atoms with E-state index in [2.05, 4.69) is 5.32 Å². The number of hydrogen-bond donors (Lipinski definition) is 2. The molecule has 2 rings (SSSR count). The highest BCUT2D eigenvalue weighted by atomic mass is 16.5. The predicted octanol–water partition coefficient (Wildman–Crippen LogP) is 2.80. The minimum absolute atomic E-state index is 0.418. The van der Waals surface area contributed by atoms with Crippen molar-refractivity contribution in [3.8, 4) is 11.5 Å². The van der Waals surface area contributed by atoms with Crippen molar-refractivity contribution in [1.29, 1.82) is 0 Å². The van der Waals surface area contributed by atoms with Gasteiger partial charge in [0.05, 0.1) is 7.11 Å². The van der Waals surface area contributed by atoms with Crippen molar-refractivity contribution >= 4 is 18.0 Å². The van der Waals surface area contributed by atoms with Gasteiger partial charge in [-0.05, 0) is 41.8 Å². The number of aryl methyl sites for hydroxylation is 1. The number of methoxy groups -OCH3 is 1. The van der Waals surface area contributed by atoms with Crippen molar-refractivity contribution < 1.29 is 24.2 Å². The number of benzene rings is 2. The lowest BCUT2D eigenvalue weighted by Crippen LogP contribution is -2.27. The van der Waals surface area contributed by atoms with Gasteiger partial charge in [-0.2, -0.15) is 0 Å². The lowest BCUT2D eigenvalue weighted by molar-refractivity contribution is -0.137. The molecule has 1 amide bonds. The molecule has 26 heavy (non-hydrogen) atoms. The van der Waals surface area contributed by atoms with E-state index in [1.807, 2.05) is 31.2 Å². The summed E-state index contributed by atoms with van der Waals surface area (Å²) in [5.41, 5.74) is 2.97. The van der Waals surface area contributed by atoms with Gasteiger partial charge in [0.1, 0.15) is 13.2 Å². The maximum absolute atomic E-state index is 11.5. The summed E-state index contributed by atoms with van der Waals surface area (Å²) >= 11 is 0. The van der Waals surface area contributed by atoms with Gasteiger partial charge in [-0.1, -0.05) is 30.3 Å². The first-order valence-electron chi connectivity index (χ1n) is 8.02.